The van der Waals surface area contributed by atoms with E-state index in [-0.39, 0.29) is 56.4 Å². The minimum Gasteiger partial charge on any atom is -0.192 e. The van der Waals surface area contributed by atoms with Gasteiger partial charge in [0.25, 0.3) is 0 Å². The van der Waals surface area contributed by atoms with Crippen molar-refractivity contribution < 1.29 is 34.1 Å². The first kappa shape index (κ1) is 40.6. The molecule has 0 unspecified atom stereocenters. The molecule has 0 bridgehead atoms. The summed E-state index contributed by atoms with van der Waals surface area (Å²) in [5, 5.41) is 40.1. The van der Waals surface area contributed by atoms with Crippen LogP contribution in [-0.4, -0.2) is 0 Å². The van der Waals surface area contributed by atoms with E-state index in [9.17, 15) is 21.0 Å². The molecule has 4 saturated carbocycles. The SMILES string of the molecule is N#CC(C#N)=C([C]1[CH][CH][CH][CH]1)C(=C(C#N)C#N)C(C#C[C]1[CH][CH][CH][CH]1)=C1c2ccccc2-c2ccccc21.[CH]1[CH][CH][CH][CH]1.[CH]1[CH][CH][CH][CH]1.[Fe+2].[Fe+2]. The first-order chi connectivity index (χ1) is 23.7. The van der Waals surface area contributed by atoms with Crippen LogP contribution in [-0.2, 0) is 34.1 Å². The summed E-state index contributed by atoms with van der Waals surface area (Å²) in [5.74, 6) is 7.74. The average molecular weight is 722 g/mol. The molecule has 5 aliphatic carbocycles. The van der Waals surface area contributed by atoms with Gasteiger partial charge in [0.05, 0.1) is 5.92 Å². The van der Waals surface area contributed by atoms with Gasteiger partial charge < -0.3 is 0 Å². The van der Waals surface area contributed by atoms with E-state index in [1.807, 2.05) is 163 Å². The van der Waals surface area contributed by atoms with Crippen molar-refractivity contribution in [1.29, 1.82) is 21.0 Å². The fraction of sp³-hybridized carbons (Fsp3) is 0. The molecule has 0 saturated heterocycles. The monoisotopic (exact) mass is 722 g/mol. The molecule has 0 spiro atoms. The van der Waals surface area contributed by atoms with Crippen LogP contribution < -0.4 is 0 Å². The molecular weight excluding hydrogens is 696 g/mol. The molecule has 4 fully saturated rings. The van der Waals surface area contributed by atoms with Crippen molar-refractivity contribution in [3.8, 4) is 47.2 Å². The van der Waals surface area contributed by atoms with Crippen LogP contribution in [0.2, 0.25) is 0 Å². The molecule has 0 aliphatic heterocycles. The van der Waals surface area contributed by atoms with Crippen LogP contribution in [0.15, 0.2) is 76.4 Å². The summed E-state index contributed by atoms with van der Waals surface area (Å²) >= 11 is 0. The van der Waals surface area contributed by atoms with Crippen LogP contribution in [0.25, 0.3) is 16.7 Å². The Bertz CT molecular complexity index is 1680. The van der Waals surface area contributed by atoms with Crippen LogP contribution in [0, 0.1) is 185 Å². The summed E-state index contributed by atoms with van der Waals surface area (Å²) in [6.07, 6.45) is 34.6. The normalized spacial score (nSPS) is 16.6. The zero-order chi connectivity index (χ0) is 33.6. The molecule has 6 heteroatoms. The van der Waals surface area contributed by atoms with Crippen molar-refractivity contribution in [2.45, 2.75) is 0 Å². The molecule has 234 valence electrons. The Balaban J connectivity index is 0.000000484. The van der Waals surface area contributed by atoms with Crippen molar-refractivity contribution in [3.05, 3.63) is 215 Å². The van der Waals surface area contributed by atoms with Gasteiger partial charge in [-0.05, 0) is 143 Å². The number of hydrogen-bond donors (Lipinski definition) is 0. The van der Waals surface area contributed by atoms with Crippen LogP contribution in [0.3, 0.4) is 0 Å². The Morgan fingerprint density at radius 3 is 1.22 bits per heavy atom. The van der Waals surface area contributed by atoms with E-state index >= 15 is 0 Å². The van der Waals surface area contributed by atoms with Gasteiger partial charge in [-0.1, -0.05) is 60.4 Å². The van der Waals surface area contributed by atoms with Crippen LogP contribution in [0.1, 0.15) is 11.1 Å². The van der Waals surface area contributed by atoms with E-state index in [0.717, 1.165) is 33.7 Å². The molecule has 5 aliphatic rings. The largest absolute Gasteiger partial charge is 2.00 e. The fourth-order valence-corrected chi connectivity index (χ4v) is 5.37. The predicted molar refractivity (Wildman–Crippen MR) is 186 cm³/mol. The Morgan fingerprint density at radius 2 is 0.820 bits per heavy atom. The molecule has 2 aromatic rings. The molecule has 20 radical (unpaired) electrons. The molecule has 4 nitrogen and oxygen atoms in total. The third-order valence-electron chi connectivity index (χ3n) is 7.44. The Kier molecular flexibility index (Phi) is 17.4. The van der Waals surface area contributed by atoms with Gasteiger partial charge in [0.1, 0.15) is 35.4 Å². The van der Waals surface area contributed by atoms with Gasteiger partial charge in [-0.25, -0.2) is 0 Å². The second-order valence-electron chi connectivity index (χ2n) is 10.3. The van der Waals surface area contributed by atoms with Crippen molar-refractivity contribution in [3.63, 3.8) is 0 Å². The summed E-state index contributed by atoms with van der Waals surface area (Å²) in [5.41, 5.74) is 4.87. The molecule has 7 rings (SSSR count). The first-order valence-corrected chi connectivity index (χ1v) is 15.0. The smallest absolute Gasteiger partial charge is 0.192 e. The van der Waals surface area contributed by atoms with Gasteiger partial charge in [-0.15, -0.1) is 0 Å². The van der Waals surface area contributed by atoms with Crippen LogP contribution in [0.5, 0.6) is 0 Å². The second kappa shape index (κ2) is 21.4. The number of rotatable bonds is 3. The number of benzene rings is 2. The van der Waals surface area contributed by atoms with Crippen molar-refractivity contribution in [2.24, 2.45) is 0 Å². The Morgan fingerprint density at radius 1 is 0.440 bits per heavy atom. The minimum absolute atomic E-state index is 0. The fourth-order valence-electron chi connectivity index (χ4n) is 5.37. The van der Waals surface area contributed by atoms with Gasteiger partial charge in [-0.2, -0.15) is 21.0 Å². The van der Waals surface area contributed by atoms with E-state index in [0.29, 0.717) is 11.5 Å². The van der Waals surface area contributed by atoms with E-state index in [2.05, 4.69) is 11.8 Å². The topological polar surface area (TPSA) is 95.2 Å². The van der Waals surface area contributed by atoms with E-state index in [4.69, 9.17) is 0 Å². The third kappa shape index (κ3) is 9.93. The number of nitrogens with zero attached hydrogens (tertiary/aromatic N) is 4. The molecule has 0 aromatic heterocycles. The number of hydrogen-bond acceptors (Lipinski definition) is 4. The van der Waals surface area contributed by atoms with E-state index in [1.165, 1.54) is 0 Å². The van der Waals surface area contributed by atoms with Gasteiger partial charge in [-0.3, -0.25) is 0 Å². The standard InChI is InChI=1S/C34H16N4.2C5H5.2Fe/c35-19-25(20-36)32(24-11-3-4-12-24)33(26(21-37)22-38)31(18-17-23-9-1-2-10-23)34-29-15-7-5-13-27(29)28-14-6-8-16-30(28)34;2*1-2-4-5-3-1;;/h1-16H;2*1-5H;;/q;;;2*+2. The molecule has 50 heavy (non-hydrogen) atoms. The van der Waals surface area contributed by atoms with Crippen molar-refractivity contribution >= 4 is 5.57 Å². The number of allylic oxidation sites excluding steroid dienone is 5. The average Bonchev–Trinajstić information content (AvgIpc) is 3.99. The van der Waals surface area contributed by atoms with Gasteiger partial charge >= 0.3 is 34.1 Å². The zero-order valence-electron chi connectivity index (χ0n) is 26.5. The van der Waals surface area contributed by atoms with E-state index < -0.39 is 0 Å². The molecule has 0 heterocycles. The number of nitriles is 4. The number of fused-ring (bicyclic) bond motifs is 3. The Labute approximate surface area is 321 Å². The van der Waals surface area contributed by atoms with Gasteiger partial charge in [0.2, 0.25) is 0 Å². The molecular formula is C44H26Fe2N4+4. The summed E-state index contributed by atoms with van der Waals surface area (Å²) in [7, 11) is 0. The van der Waals surface area contributed by atoms with Gasteiger partial charge in [0, 0.05) is 22.6 Å². The summed E-state index contributed by atoms with van der Waals surface area (Å²) in [6.45, 7) is 0. The maximum Gasteiger partial charge on any atom is 2.00 e. The summed E-state index contributed by atoms with van der Waals surface area (Å²) in [6, 6.07) is 23.7. The summed E-state index contributed by atoms with van der Waals surface area (Å²) in [4.78, 5) is 0. The molecule has 0 N–H and O–H groups in total. The summed E-state index contributed by atoms with van der Waals surface area (Å²) < 4.78 is 0. The van der Waals surface area contributed by atoms with Gasteiger partial charge in [0.15, 0.2) is 0 Å². The first-order valence-electron chi connectivity index (χ1n) is 15.0. The molecule has 2 aromatic carbocycles. The maximum absolute atomic E-state index is 10.1. The predicted octanol–water partition coefficient (Wildman–Crippen LogP) is 8.01. The minimum atomic E-state index is -0.231. The quantitative estimate of drug-likeness (QED) is 0.119. The molecule has 0 atom stereocenters. The maximum atomic E-state index is 10.1. The zero-order valence-corrected chi connectivity index (χ0v) is 28.7. The Hall–Kier alpha value is -3.78. The van der Waals surface area contributed by atoms with E-state index in [1.54, 1.807) is 25.7 Å². The third-order valence-corrected chi connectivity index (χ3v) is 7.44. The second-order valence-corrected chi connectivity index (χ2v) is 10.3. The van der Waals surface area contributed by atoms with Crippen molar-refractivity contribution in [2.75, 3.05) is 0 Å². The van der Waals surface area contributed by atoms with Crippen molar-refractivity contribution in [1.82, 2.24) is 0 Å². The molecule has 0 amide bonds. The van der Waals surface area contributed by atoms with Crippen LogP contribution in [0.4, 0.5) is 0 Å². The van der Waals surface area contributed by atoms with Crippen LogP contribution >= 0.6 is 0 Å².